The smallest absolute Gasteiger partial charge is 0.408 e. The highest BCUT2D eigenvalue weighted by Gasteiger charge is 2.48. The number of carbonyl (C=O) groups excluding carboxylic acids is 4. The molecule has 9 nitrogen and oxygen atoms in total. The molecule has 206 valence electrons. The van der Waals surface area contributed by atoms with Gasteiger partial charge in [0.25, 0.3) is 0 Å². The van der Waals surface area contributed by atoms with Crippen molar-refractivity contribution in [3.8, 4) is 0 Å². The Hall–Kier alpha value is -3.10. The van der Waals surface area contributed by atoms with Gasteiger partial charge < -0.3 is 25.0 Å². The summed E-state index contributed by atoms with van der Waals surface area (Å²) in [6.07, 6.45) is 0.422. The van der Waals surface area contributed by atoms with Crippen molar-refractivity contribution in [2.45, 2.75) is 92.0 Å². The highest BCUT2D eigenvalue weighted by molar-refractivity contribution is 5.94. The maximum Gasteiger partial charge on any atom is 0.408 e. The Bertz CT molecular complexity index is 1000. The first-order chi connectivity index (χ1) is 17.1. The molecule has 1 saturated carbocycles. The third kappa shape index (κ3) is 8.76. The largest absolute Gasteiger partial charge is 0.468 e. The molecule has 1 aliphatic carbocycles. The fourth-order valence-electron chi connectivity index (χ4n) is 4.29. The molecule has 1 aliphatic rings. The van der Waals surface area contributed by atoms with Gasteiger partial charge in [-0.15, -0.1) is 0 Å². The van der Waals surface area contributed by atoms with Crippen molar-refractivity contribution in [2.24, 2.45) is 11.8 Å². The van der Waals surface area contributed by atoms with Crippen LogP contribution in [0.1, 0.15) is 77.1 Å². The Morgan fingerprint density at radius 2 is 1.76 bits per heavy atom. The van der Waals surface area contributed by atoms with E-state index in [0.29, 0.717) is 12.0 Å². The van der Waals surface area contributed by atoms with Crippen molar-refractivity contribution in [3.63, 3.8) is 0 Å². The van der Waals surface area contributed by atoms with Gasteiger partial charge in [0.1, 0.15) is 24.2 Å². The lowest BCUT2D eigenvalue weighted by Gasteiger charge is -2.36. The predicted octanol–water partition coefficient (Wildman–Crippen LogP) is 3.81. The second-order valence-corrected chi connectivity index (χ2v) is 11.4. The normalized spacial score (nSPS) is 18.4. The lowest BCUT2D eigenvalue weighted by Crippen LogP contribution is -2.54. The Kier molecular flexibility index (Phi) is 10.1. The summed E-state index contributed by atoms with van der Waals surface area (Å²) in [5.74, 6) is -1.14. The molecule has 0 radical (unpaired) electrons. The first-order valence-corrected chi connectivity index (χ1v) is 12.9. The number of alkyl carbamates (subject to hydrolysis) is 1. The maximum atomic E-state index is 14.2. The molecule has 0 spiro atoms. The number of hydrogen-bond donors (Lipinski definition) is 2. The molecule has 0 saturated heterocycles. The molecule has 3 amide bonds. The van der Waals surface area contributed by atoms with Gasteiger partial charge in [0, 0.05) is 6.04 Å². The van der Waals surface area contributed by atoms with Crippen molar-refractivity contribution >= 4 is 23.9 Å². The highest BCUT2D eigenvalue weighted by Crippen LogP contribution is 2.41. The van der Waals surface area contributed by atoms with Gasteiger partial charge in [0.2, 0.25) is 11.8 Å². The van der Waals surface area contributed by atoms with Crippen molar-refractivity contribution in [1.29, 1.82) is 0 Å². The van der Waals surface area contributed by atoms with Crippen LogP contribution in [0.3, 0.4) is 0 Å². The molecule has 0 heterocycles. The minimum atomic E-state index is -0.984. The topological polar surface area (TPSA) is 114 Å². The summed E-state index contributed by atoms with van der Waals surface area (Å²) in [6, 6.07) is 3.69. The highest BCUT2D eigenvalue weighted by atomic mass is 16.6. The second kappa shape index (κ2) is 12.4. The predicted molar refractivity (Wildman–Crippen MR) is 141 cm³/mol. The number of carbonyl (C=O) groups is 4. The van der Waals surface area contributed by atoms with Crippen molar-refractivity contribution in [1.82, 2.24) is 15.5 Å². The summed E-state index contributed by atoms with van der Waals surface area (Å²) in [7, 11) is 1.25. The Labute approximate surface area is 220 Å². The molecule has 9 heteroatoms. The molecule has 2 N–H and O–H groups in total. The fraction of sp³-hybridized carbons (Fsp3) is 0.643. The van der Waals surface area contributed by atoms with Gasteiger partial charge in [-0.05, 0) is 70.4 Å². The van der Waals surface area contributed by atoms with Gasteiger partial charge in [-0.3, -0.25) is 14.4 Å². The zero-order chi connectivity index (χ0) is 28.1. The number of hydrogen-bond acceptors (Lipinski definition) is 6. The molecule has 0 aromatic heterocycles. The van der Waals surface area contributed by atoms with Crippen LogP contribution in [0, 0.1) is 25.7 Å². The number of esters is 1. The van der Waals surface area contributed by atoms with E-state index in [2.05, 4.69) is 15.4 Å². The number of nitrogens with one attached hydrogen (secondary N) is 2. The summed E-state index contributed by atoms with van der Waals surface area (Å²) >= 11 is 0. The van der Waals surface area contributed by atoms with E-state index >= 15 is 0 Å². The molecule has 1 aromatic carbocycles. The van der Waals surface area contributed by atoms with Gasteiger partial charge in [-0.1, -0.05) is 44.5 Å². The minimum absolute atomic E-state index is 0.0923. The fourth-order valence-corrected chi connectivity index (χ4v) is 4.29. The van der Waals surface area contributed by atoms with Crippen LogP contribution in [0.2, 0.25) is 0 Å². The number of methoxy groups -OCH3 is 1. The van der Waals surface area contributed by atoms with E-state index in [1.54, 1.807) is 25.7 Å². The van der Waals surface area contributed by atoms with Crippen LogP contribution in [0.25, 0.3) is 0 Å². The van der Waals surface area contributed by atoms with Crippen LogP contribution in [-0.4, -0.2) is 60.1 Å². The van der Waals surface area contributed by atoms with Crippen LogP contribution in [0.4, 0.5) is 4.79 Å². The first kappa shape index (κ1) is 30.1. The molecule has 1 aromatic rings. The zero-order valence-electron chi connectivity index (χ0n) is 23.6. The number of amides is 3. The van der Waals surface area contributed by atoms with Crippen LogP contribution < -0.4 is 10.6 Å². The number of aryl methyl sites for hydroxylation is 2. The van der Waals surface area contributed by atoms with Crippen molar-refractivity contribution in [3.05, 3.63) is 34.9 Å². The summed E-state index contributed by atoms with van der Waals surface area (Å²) in [6.45, 7) is 14.7. The van der Waals surface area contributed by atoms with E-state index in [1.807, 2.05) is 52.8 Å². The molecule has 37 heavy (non-hydrogen) atoms. The monoisotopic (exact) mass is 517 g/mol. The van der Waals surface area contributed by atoms with E-state index in [4.69, 9.17) is 4.74 Å². The number of ether oxygens (including phenoxy) is 2. The zero-order valence-corrected chi connectivity index (χ0v) is 23.6. The average molecular weight is 518 g/mol. The van der Waals surface area contributed by atoms with Crippen LogP contribution in [-0.2, 0) is 23.9 Å². The molecule has 1 fully saturated rings. The Morgan fingerprint density at radius 3 is 2.27 bits per heavy atom. The maximum absolute atomic E-state index is 14.2. The van der Waals surface area contributed by atoms with Gasteiger partial charge >= 0.3 is 12.1 Å². The molecule has 0 bridgehead atoms. The quantitative estimate of drug-likeness (QED) is 0.456. The average Bonchev–Trinajstić information content (AvgIpc) is 3.50. The molecular formula is C28H43N3O6. The van der Waals surface area contributed by atoms with Crippen molar-refractivity contribution < 1.29 is 28.7 Å². The lowest BCUT2D eigenvalue weighted by atomic mass is 9.95. The number of benzene rings is 1. The summed E-state index contributed by atoms with van der Waals surface area (Å²) in [5, 5.41) is 5.40. The third-order valence-corrected chi connectivity index (χ3v) is 6.27. The van der Waals surface area contributed by atoms with Gasteiger partial charge in [0.05, 0.1) is 7.11 Å². The van der Waals surface area contributed by atoms with Gasteiger partial charge in [-0.25, -0.2) is 4.79 Å². The third-order valence-electron chi connectivity index (χ3n) is 6.27. The van der Waals surface area contributed by atoms with Crippen LogP contribution >= 0.6 is 0 Å². The molecule has 0 aliphatic heterocycles. The molecular weight excluding hydrogens is 474 g/mol. The molecule has 4 atom stereocenters. The SMILES string of the molecule is COC(=O)CNC(=O)C(c1cc(C)ccc1C)N(C(=O)C(CC(C)C)NC(=O)OC(C)(C)C)C1CC1C. The standard InChI is InChI=1S/C28H43N3O6/c1-16(2)12-21(30-27(35)37-28(6,7)8)26(34)31(22-14-19(22)5)24(25(33)29-15-23(32)36-9)20-13-17(3)10-11-18(20)4/h10-11,13,16,19,21-22,24H,12,14-15H2,1-9H3,(H,29,33)(H,30,35). The summed E-state index contributed by atoms with van der Waals surface area (Å²) in [5.41, 5.74) is 1.73. The van der Waals surface area contributed by atoms with E-state index in [1.165, 1.54) is 7.11 Å². The van der Waals surface area contributed by atoms with E-state index in [-0.39, 0.29) is 30.3 Å². The molecule has 4 unspecified atom stereocenters. The van der Waals surface area contributed by atoms with Crippen LogP contribution in [0.5, 0.6) is 0 Å². The van der Waals surface area contributed by atoms with E-state index in [0.717, 1.165) is 17.5 Å². The van der Waals surface area contributed by atoms with E-state index < -0.39 is 35.7 Å². The van der Waals surface area contributed by atoms with Gasteiger partial charge in [-0.2, -0.15) is 0 Å². The lowest BCUT2D eigenvalue weighted by molar-refractivity contribution is -0.145. The Morgan fingerprint density at radius 1 is 1.14 bits per heavy atom. The number of nitrogens with zero attached hydrogens (tertiary/aromatic N) is 1. The first-order valence-electron chi connectivity index (χ1n) is 12.9. The number of rotatable bonds is 10. The van der Waals surface area contributed by atoms with Crippen LogP contribution in [0.15, 0.2) is 18.2 Å². The second-order valence-electron chi connectivity index (χ2n) is 11.4. The minimum Gasteiger partial charge on any atom is -0.468 e. The van der Waals surface area contributed by atoms with Gasteiger partial charge in [0.15, 0.2) is 0 Å². The summed E-state index contributed by atoms with van der Waals surface area (Å²) in [4.78, 5) is 53.9. The summed E-state index contributed by atoms with van der Waals surface area (Å²) < 4.78 is 10.1. The van der Waals surface area contributed by atoms with Crippen molar-refractivity contribution in [2.75, 3.05) is 13.7 Å². The van der Waals surface area contributed by atoms with E-state index in [9.17, 15) is 19.2 Å². The molecule has 2 rings (SSSR count). The Balaban J connectivity index is 2.53.